The molecule has 0 saturated heterocycles. The van der Waals surface area contributed by atoms with Crippen LogP contribution in [0.15, 0.2) is 23.1 Å². The maximum atomic E-state index is 12.5. The second kappa shape index (κ2) is 8.16. The van der Waals surface area contributed by atoms with Gasteiger partial charge in [-0.2, -0.15) is 4.31 Å². The zero-order valence-electron chi connectivity index (χ0n) is 14.1. The summed E-state index contributed by atoms with van der Waals surface area (Å²) in [5, 5.41) is 2.74. The average molecular weight is 344 g/mol. The summed E-state index contributed by atoms with van der Waals surface area (Å²) < 4.78 is 36.3. The monoisotopic (exact) mass is 344 g/mol. The van der Waals surface area contributed by atoms with E-state index in [2.05, 4.69) is 5.32 Å². The van der Waals surface area contributed by atoms with Crippen molar-refractivity contribution >= 4 is 15.9 Å². The van der Waals surface area contributed by atoms with E-state index in [1.165, 1.54) is 39.5 Å². The van der Waals surface area contributed by atoms with Crippen molar-refractivity contribution in [3.8, 4) is 11.5 Å². The minimum absolute atomic E-state index is 0.000292. The molecule has 1 N–H and O–H groups in total. The van der Waals surface area contributed by atoms with Crippen molar-refractivity contribution in [2.75, 3.05) is 27.8 Å². The molecule has 8 heteroatoms. The van der Waals surface area contributed by atoms with Crippen LogP contribution in [0.4, 0.5) is 0 Å². The summed E-state index contributed by atoms with van der Waals surface area (Å²) in [5.41, 5.74) is 0. The molecule has 0 heterocycles. The number of methoxy groups -OCH3 is 2. The van der Waals surface area contributed by atoms with Gasteiger partial charge in [0.2, 0.25) is 15.9 Å². The number of likely N-dealkylation sites (N-methyl/N-ethyl adjacent to an activating group) is 1. The number of nitrogens with zero attached hydrogens (tertiary/aromatic N) is 1. The molecule has 1 aromatic rings. The number of carbonyl (C=O) groups is 1. The molecule has 130 valence electrons. The van der Waals surface area contributed by atoms with Crippen LogP contribution in [0.5, 0.6) is 11.5 Å². The first kappa shape index (κ1) is 19.2. The van der Waals surface area contributed by atoms with Gasteiger partial charge in [0.25, 0.3) is 0 Å². The van der Waals surface area contributed by atoms with E-state index in [0.29, 0.717) is 11.5 Å². The molecule has 1 aromatic carbocycles. The van der Waals surface area contributed by atoms with Gasteiger partial charge in [0.05, 0.1) is 25.7 Å². The number of benzene rings is 1. The topological polar surface area (TPSA) is 84.9 Å². The molecule has 0 unspecified atom stereocenters. The molecule has 0 aromatic heterocycles. The fourth-order valence-electron chi connectivity index (χ4n) is 1.87. The highest BCUT2D eigenvalue weighted by Gasteiger charge is 2.24. The first-order chi connectivity index (χ1) is 10.8. The van der Waals surface area contributed by atoms with Gasteiger partial charge >= 0.3 is 0 Å². The summed E-state index contributed by atoms with van der Waals surface area (Å²) in [7, 11) is 0.464. The Morgan fingerprint density at radius 3 is 2.39 bits per heavy atom. The second-order valence-corrected chi connectivity index (χ2v) is 7.20. The van der Waals surface area contributed by atoms with Crippen LogP contribution < -0.4 is 14.8 Å². The molecule has 0 saturated carbocycles. The summed E-state index contributed by atoms with van der Waals surface area (Å²) in [6, 6.07) is 4.30. The van der Waals surface area contributed by atoms with Gasteiger partial charge in [0.15, 0.2) is 11.5 Å². The summed E-state index contributed by atoms with van der Waals surface area (Å²) >= 11 is 0. The van der Waals surface area contributed by atoms with Crippen molar-refractivity contribution in [2.45, 2.75) is 31.2 Å². The molecule has 0 aliphatic carbocycles. The van der Waals surface area contributed by atoms with E-state index in [1.807, 2.05) is 13.8 Å². The number of hydrogen-bond acceptors (Lipinski definition) is 5. The third-order valence-electron chi connectivity index (χ3n) is 3.45. The van der Waals surface area contributed by atoms with Crippen LogP contribution in [0, 0.1) is 0 Å². The SMILES string of the molecule is CC[C@@H](C)NC(=O)CN(C)S(=O)(=O)c1ccc(OC)c(OC)c1. The molecule has 1 amide bonds. The van der Waals surface area contributed by atoms with Crippen molar-refractivity contribution in [3.63, 3.8) is 0 Å². The number of amides is 1. The van der Waals surface area contributed by atoms with Gasteiger partial charge < -0.3 is 14.8 Å². The van der Waals surface area contributed by atoms with Crippen LogP contribution in [-0.4, -0.2) is 52.5 Å². The van der Waals surface area contributed by atoms with Crippen LogP contribution in [0.1, 0.15) is 20.3 Å². The number of nitrogens with one attached hydrogen (secondary N) is 1. The van der Waals surface area contributed by atoms with Crippen LogP contribution in [0.3, 0.4) is 0 Å². The fourth-order valence-corrected chi connectivity index (χ4v) is 3.01. The fraction of sp³-hybridized carbons (Fsp3) is 0.533. The number of rotatable bonds is 8. The van der Waals surface area contributed by atoms with Gasteiger partial charge in [-0.05, 0) is 25.5 Å². The predicted octanol–water partition coefficient (Wildman–Crippen LogP) is 1.24. The molecule has 1 rings (SSSR count). The lowest BCUT2D eigenvalue weighted by atomic mass is 10.2. The van der Waals surface area contributed by atoms with Crippen LogP contribution in [-0.2, 0) is 14.8 Å². The van der Waals surface area contributed by atoms with Crippen LogP contribution in [0.2, 0.25) is 0 Å². The molecule has 0 radical (unpaired) electrons. The summed E-state index contributed by atoms with van der Waals surface area (Å²) in [5.74, 6) is 0.403. The zero-order valence-corrected chi connectivity index (χ0v) is 14.9. The largest absolute Gasteiger partial charge is 0.493 e. The standard InChI is InChI=1S/C15H24N2O5S/c1-6-11(2)16-15(18)10-17(3)23(19,20)12-7-8-13(21-4)14(9-12)22-5/h7-9,11H,6,10H2,1-5H3,(H,16,18)/t11-/m1/s1. The Morgan fingerprint density at radius 2 is 1.87 bits per heavy atom. The molecular weight excluding hydrogens is 320 g/mol. The van der Waals surface area contributed by atoms with Crippen LogP contribution in [0.25, 0.3) is 0 Å². The minimum atomic E-state index is -3.80. The van der Waals surface area contributed by atoms with E-state index in [9.17, 15) is 13.2 Å². The van der Waals surface area contributed by atoms with E-state index in [1.54, 1.807) is 0 Å². The van der Waals surface area contributed by atoms with Gasteiger partial charge in [-0.1, -0.05) is 6.92 Å². The third-order valence-corrected chi connectivity index (χ3v) is 5.25. The van der Waals surface area contributed by atoms with E-state index >= 15 is 0 Å². The maximum absolute atomic E-state index is 12.5. The van der Waals surface area contributed by atoms with E-state index in [4.69, 9.17) is 9.47 Å². The lowest BCUT2D eigenvalue weighted by Gasteiger charge is -2.19. The van der Waals surface area contributed by atoms with Gasteiger partial charge in [-0.15, -0.1) is 0 Å². The first-order valence-corrected chi connectivity index (χ1v) is 8.68. The Labute approximate surface area is 137 Å². The average Bonchev–Trinajstić information content (AvgIpc) is 2.53. The van der Waals surface area contributed by atoms with E-state index in [0.717, 1.165) is 10.7 Å². The first-order valence-electron chi connectivity index (χ1n) is 7.24. The molecule has 0 fully saturated rings. The summed E-state index contributed by atoms with van der Waals surface area (Å²) in [4.78, 5) is 11.9. The lowest BCUT2D eigenvalue weighted by molar-refractivity contribution is -0.121. The molecule has 1 atom stereocenters. The van der Waals surface area contributed by atoms with Crippen molar-refractivity contribution in [2.24, 2.45) is 0 Å². The molecular formula is C15H24N2O5S. The normalized spacial score (nSPS) is 12.8. The number of sulfonamides is 1. The zero-order chi connectivity index (χ0) is 17.6. The predicted molar refractivity (Wildman–Crippen MR) is 87.3 cm³/mol. The Kier molecular flexibility index (Phi) is 6.83. The maximum Gasteiger partial charge on any atom is 0.243 e. The Bertz CT molecular complexity index is 645. The van der Waals surface area contributed by atoms with Gasteiger partial charge in [-0.3, -0.25) is 4.79 Å². The highest BCUT2D eigenvalue weighted by molar-refractivity contribution is 7.89. The Hall–Kier alpha value is -1.80. The molecule has 0 spiro atoms. The van der Waals surface area contributed by atoms with Crippen molar-refractivity contribution < 1.29 is 22.7 Å². The molecule has 0 aliphatic heterocycles. The Balaban J connectivity index is 2.95. The summed E-state index contributed by atoms with van der Waals surface area (Å²) in [6.07, 6.45) is 0.776. The Morgan fingerprint density at radius 1 is 1.26 bits per heavy atom. The quantitative estimate of drug-likeness (QED) is 0.767. The van der Waals surface area contributed by atoms with Gasteiger partial charge in [0, 0.05) is 19.2 Å². The van der Waals surface area contributed by atoms with Gasteiger partial charge in [0.1, 0.15) is 0 Å². The van der Waals surface area contributed by atoms with E-state index < -0.39 is 10.0 Å². The molecule has 23 heavy (non-hydrogen) atoms. The molecule has 0 bridgehead atoms. The van der Waals surface area contributed by atoms with Crippen molar-refractivity contribution in [1.29, 1.82) is 0 Å². The van der Waals surface area contributed by atoms with Gasteiger partial charge in [-0.25, -0.2) is 8.42 Å². The van der Waals surface area contributed by atoms with Crippen molar-refractivity contribution in [3.05, 3.63) is 18.2 Å². The number of hydrogen-bond donors (Lipinski definition) is 1. The smallest absolute Gasteiger partial charge is 0.243 e. The highest BCUT2D eigenvalue weighted by atomic mass is 32.2. The second-order valence-electron chi connectivity index (χ2n) is 5.15. The highest BCUT2D eigenvalue weighted by Crippen LogP contribution is 2.30. The molecule has 0 aliphatic rings. The summed E-state index contributed by atoms with van der Waals surface area (Å²) in [6.45, 7) is 3.55. The number of carbonyl (C=O) groups excluding carboxylic acids is 1. The minimum Gasteiger partial charge on any atom is -0.493 e. The van der Waals surface area contributed by atoms with Crippen molar-refractivity contribution in [1.82, 2.24) is 9.62 Å². The van der Waals surface area contributed by atoms with E-state index in [-0.39, 0.29) is 23.4 Å². The number of ether oxygens (including phenoxy) is 2. The third kappa shape index (κ3) is 4.84. The van der Waals surface area contributed by atoms with Crippen LogP contribution >= 0.6 is 0 Å². The molecule has 7 nitrogen and oxygen atoms in total. The lowest BCUT2D eigenvalue weighted by Crippen LogP contribution is -2.41.